The third-order valence-electron chi connectivity index (χ3n) is 3.86. The standard InChI is InChI=1S/C16H17N3O4/c1-9(16(21)22)19(13-7-8-13)15(20)12-5-3-11(4-6-12)14-17-10(2)18-23-14/h3-6,9,13H,7-8H2,1-2H3,(H,21,22). The summed E-state index contributed by atoms with van der Waals surface area (Å²) in [5, 5.41) is 12.9. The molecule has 7 heteroatoms. The molecule has 1 aliphatic carbocycles. The van der Waals surface area contributed by atoms with E-state index in [9.17, 15) is 14.7 Å². The lowest BCUT2D eigenvalue weighted by Crippen LogP contribution is -2.44. The number of amides is 1. The van der Waals surface area contributed by atoms with Gasteiger partial charge in [-0.2, -0.15) is 4.98 Å². The van der Waals surface area contributed by atoms with Gasteiger partial charge >= 0.3 is 5.97 Å². The van der Waals surface area contributed by atoms with Crippen LogP contribution >= 0.6 is 0 Å². The molecular weight excluding hydrogens is 298 g/mol. The Kier molecular flexibility index (Phi) is 3.85. The van der Waals surface area contributed by atoms with Gasteiger partial charge in [0, 0.05) is 17.2 Å². The lowest BCUT2D eigenvalue weighted by atomic mass is 10.1. The fourth-order valence-corrected chi connectivity index (χ4v) is 2.45. The first-order chi connectivity index (χ1) is 11.0. The van der Waals surface area contributed by atoms with Gasteiger partial charge in [-0.05, 0) is 51.0 Å². The molecule has 7 nitrogen and oxygen atoms in total. The van der Waals surface area contributed by atoms with Crippen molar-refractivity contribution >= 4 is 11.9 Å². The Morgan fingerprint density at radius 2 is 1.96 bits per heavy atom. The highest BCUT2D eigenvalue weighted by Gasteiger charge is 2.38. The predicted molar refractivity (Wildman–Crippen MR) is 80.8 cm³/mol. The first kappa shape index (κ1) is 15.2. The summed E-state index contributed by atoms with van der Waals surface area (Å²) in [5.74, 6) is -0.339. The second-order valence-corrected chi connectivity index (χ2v) is 5.68. The molecule has 1 fully saturated rings. The van der Waals surface area contributed by atoms with Gasteiger partial charge in [-0.15, -0.1) is 0 Å². The van der Waals surface area contributed by atoms with Crippen molar-refractivity contribution in [3.05, 3.63) is 35.7 Å². The van der Waals surface area contributed by atoms with Gasteiger partial charge in [-0.3, -0.25) is 4.79 Å². The summed E-state index contributed by atoms with van der Waals surface area (Å²) >= 11 is 0. The van der Waals surface area contributed by atoms with Crippen LogP contribution < -0.4 is 0 Å². The molecule has 0 bridgehead atoms. The number of aryl methyl sites for hydroxylation is 1. The van der Waals surface area contributed by atoms with E-state index in [1.54, 1.807) is 31.2 Å². The van der Waals surface area contributed by atoms with Crippen LogP contribution in [-0.2, 0) is 4.79 Å². The topological polar surface area (TPSA) is 96.5 Å². The Labute approximate surface area is 132 Å². The fourth-order valence-electron chi connectivity index (χ4n) is 2.45. The quantitative estimate of drug-likeness (QED) is 0.908. The molecule has 120 valence electrons. The summed E-state index contributed by atoms with van der Waals surface area (Å²) in [5.41, 5.74) is 1.16. The third-order valence-corrected chi connectivity index (χ3v) is 3.86. The van der Waals surface area contributed by atoms with E-state index in [0.29, 0.717) is 22.8 Å². The van der Waals surface area contributed by atoms with E-state index in [0.717, 1.165) is 12.8 Å². The van der Waals surface area contributed by atoms with E-state index in [-0.39, 0.29) is 11.9 Å². The Balaban J connectivity index is 1.83. The maximum Gasteiger partial charge on any atom is 0.326 e. The number of benzene rings is 1. The number of aromatic nitrogens is 2. The normalized spacial score (nSPS) is 15.2. The second-order valence-electron chi connectivity index (χ2n) is 5.68. The van der Waals surface area contributed by atoms with Gasteiger partial charge in [0.15, 0.2) is 5.82 Å². The van der Waals surface area contributed by atoms with E-state index < -0.39 is 12.0 Å². The van der Waals surface area contributed by atoms with Gasteiger partial charge in [0.05, 0.1) is 0 Å². The molecule has 1 aliphatic rings. The van der Waals surface area contributed by atoms with Crippen LogP contribution in [0.3, 0.4) is 0 Å². The summed E-state index contributed by atoms with van der Waals surface area (Å²) < 4.78 is 5.08. The SMILES string of the molecule is Cc1noc(-c2ccc(C(=O)N(C3CC3)C(C)C(=O)O)cc2)n1. The van der Waals surface area contributed by atoms with Gasteiger partial charge in [0.2, 0.25) is 0 Å². The van der Waals surface area contributed by atoms with E-state index >= 15 is 0 Å². The van der Waals surface area contributed by atoms with Crippen molar-refractivity contribution in [2.45, 2.75) is 38.8 Å². The highest BCUT2D eigenvalue weighted by atomic mass is 16.5. The Morgan fingerprint density at radius 1 is 1.30 bits per heavy atom. The smallest absolute Gasteiger partial charge is 0.326 e. The molecule has 0 saturated heterocycles. The first-order valence-electron chi connectivity index (χ1n) is 7.43. The van der Waals surface area contributed by atoms with Crippen molar-refractivity contribution in [1.82, 2.24) is 15.0 Å². The minimum Gasteiger partial charge on any atom is -0.480 e. The fraction of sp³-hybridized carbons (Fsp3) is 0.375. The number of rotatable bonds is 5. The number of hydrogen-bond donors (Lipinski definition) is 1. The molecule has 2 aromatic rings. The maximum atomic E-state index is 12.6. The number of aliphatic carboxylic acids is 1. The van der Waals surface area contributed by atoms with Crippen LogP contribution in [0.25, 0.3) is 11.5 Å². The molecule has 1 aromatic carbocycles. The molecule has 1 aromatic heterocycles. The number of carbonyl (C=O) groups excluding carboxylic acids is 1. The third kappa shape index (κ3) is 3.08. The van der Waals surface area contributed by atoms with Crippen LogP contribution in [0, 0.1) is 6.92 Å². The van der Waals surface area contributed by atoms with Gasteiger partial charge in [-0.25, -0.2) is 4.79 Å². The Hall–Kier alpha value is -2.70. The molecule has 1 N–H and O–H groups in total. The van der Waals surface area contributed by atoms with Crippen LogP contribution in [0.15, 0.2) is 28.8 Å². The van der Waals surface area contributed by atoms with Crippen molar-refractivity contribution in [3.63, 3.8) is 0 Å². The molecule has 0 aliphatic heterocycles. The van der Waals surface area contributed by atoms with Gasteiger partial charge in [0.1, 0.15) is 6.04 Å². The van der Waals surface area contributed by atoms with Crippen LogP contribution in [0.4, 0.5) is 0 Å². The highest BCUT2D eigenvalue weighted by molar-refractivity contribution is 5.97. The van der Waals surface area contributed by atoms with Crippen molar-refractivity contribution in [2.24, 2.45) is 0 Å². The molecule has 1 heterocycles. The lowest BCUT2D eigenvalue weighted by Gasteiger charge is -2.26. The van der Waals surface area contributed by atoms with Gasteiger partial charge in [-0.1, -0.05) is 5.16 Å². The average molecular weight is 315 g/mol. The zero-order valence-electron chi connectivity index (χ0n) is 12.9. The van der Waals surface area contributed by atoms with Crippen LogP contribution in [-0.4, -0.2) is 44.1 Å². The predicted octanol–water partition coefficient (Wildman–Crippen LogP) is 2.12. The largest absolute Gasteiger partial charge is 0.480 e. The highest BCUT2D eigenvalue weighted by Crippen LogP contribution is 2.30. The molecule has 3 rings (SSSR count). The molecule has 23 heavy (non-hydrogen) atoms. The van der Waals surface area contributed by atoms with Crippen molar-refractivity contribution in [2.75, 3.05) is 0 Å². The van der Waals surface area contributed by atoms with Gasteiger partial charge in [0.25, 0.3) is 11.8 Å². The molecule has 1 atom stereocenters. The van der Waals surface area contributed by atoms with Crippen molar-refractivity contribution in [3.8, 4) is 11.5 Å². The molecule has 0 spiro atoms. The van der Waals surface area contributed by atoms with Gasteiger partial charge < -0.3 is 14.5 Å². The monoisotopic (exact) mass is 315 g/mol. The summed E-state index contributed by atoms with van der Waals surface area (Å²) in [6.07, 6.45) is 1.70. The van der Waals surface area contributed by atoms with E-state index in [4.69, 9.17) is 4.52 Å². The Morgan fingerprint density at radius 3 is 2.43 bits per heavy atom. The number of carboxylic acid groups (broad SMARTS) is 1. The minimum atomic E-state index is -0.997. The Bertz CT molecular complexity index is 734. The van der Waals surface area contributed by atoms with E-state index in [1.807, 2.05) is 0 Å². The molecular formula is C16H17N3O4. The van der Waals surface area contributed by atoms with Crippen molar-refractivity contribution < 1.29 is 19.2 Å². The lowest BCUT2D eigenvalue weighted by molar-refractivity contribution is -0.141. The van der Waals surface area contributed by atoms with E-state index in [1.165, 1.54) is 11.8 Å². The maximum absolute atomic E-state index is 12.6. The average Bonchev–Trinajstić information content (AvgIpc) is 3.27. The zero-order valence-corrected chi connectivity index (χ0v) is 12.9. The summed E-state index contributed by atoms with van der Waals surface area (Å²) in [4.78, 5) is 29.4. The molecule has 1 amide bonds. The number of carboxylic acids is 1. The van der Waals surface area contributed by atoms with Crippen LogP contribution in [0.1, 0.15) is 35.9 Å². The minimum absolute atomic E-state index is 0.0202. The first-order valence-corrected chi connectivity index (χ1v) is 7.43. The summed E-state index contributed by atoms with van der Waals surface area (Å²) in [7, 11) is 0. The van der Waals surface area contributed by atoms with Crippen LogP contribution in [0.5, 0.6) is 0 Å². The van der Waals surface area contributed by atoms with E-state index in [2.05, 4.69) is 10.1 Å². The number of carbonyl (C=O) groups is 2. The van der Waals surface area contributed by atoms with Crippen molar-refractivity contribution in [1.29, 1.82) is 0 Å². The number of hydrogen-bond acceptors (Lipinski definition) is 5. The zero-order chi connectivity index (χ0) is 16.6. The second kappa shape index (κ2) is 5.83. The van der Waals surface area contributed by atoms with Crippen LogP contribution in [0.2, 0.25) is 0 Å². The molecule has 1 unspecified atom stereocenters. The summed E-state index contributed by atoms with van der Waals surface area (Å²) in [6.45, 7) is 3.26. The molecule has 0 radical (unpaired) electrons. The summed E-state index contributed by atoms with van der Waals surface area (Å²) in [6, 6.07) is 5.93. The molecule has 1 saturated carbocycles. The number of nitrogens with zero attached hydrogens (tertiary/aromatic N) is 3.